The number of nitrogens with zero attached hydrogens (tertiary/aromatic N) is 2. The number of ketones is 1. The van der Waals surface area contributed by atoms with E-state index in [1.807, 2.05) is 0 Å². The van der Waals surface area contributed by atoms with E-state index in [4.69, 9.17) is 0 Å². The van der Waals surface area contributed by atoms with Crippen molar-refractivity contribution in [3.05, 3.63) is 82.9 Å². The van der Waals surface area contributed by atoms with Gasteiger partial charge in [0.05, 0.1) is 4.92 Å². The lowest BCUT2D eigenvalue weighted by Crippen LogP contribution is -2.11. The molecule has 0 aromatic heterocycles. The highest BCUT2D eigenvalue weighted by molar-refractivity contribution is 9.10. The Morgan fingerprint density at radius 1 is 1.17 bits per heavy atom. The second-order valence-corrected chi connectivity index (χ2v) is 6.08. The lowest BCUT2D eigenvalue weighted by Gasteiger charge is -2.13. The van der Waals surface area contributed by atoms with E-state index in [1.165, 1.54) is 24.3 Å². The summed E-state index contributed by atoms with van der Waals surface area (Å²) in [5, 5.41) is 21.8. The second kappa shape index (κ2) is 6.88. The van der Waals surface area contributed by atoms with E-state index in [0.717, 1.165) is 11.1 Å². The lowest BCUT2D eigenvalue weighted by atomic mass is 9.94. The summed E-state index contributed by atoms with van der Waals surface area (Å²) in [6.45, 7) is 3.07. The average Bonchev–Trinajstić information content (AvgIpc) is 2.54. The van der Waals surface area contributed by atoms with Crippen LogP contribution in [0, 0.1) is 34.1 Å². The van der Waals surface area contributed by atoms with E-state index in [-0.39, 0.29) is 22.4 Å². The molecule has 0 aliphatic heterocycles. The van der Waals surface area contributed by atoms with Gasteiger partial charge in [-0.05, 0) is 47.0 Å². The van der Waals surface area contributed by atoms with Crippen molar-refractivity contribution in [1.29, 1.82) is 0 Å². The minimum atomic E-state index is -0.592. The zero-order chi connectivity index (χ0) is 18.0. The third kappa shape index (κ3) is 3.48. The highest BCUT2D eigenvalue weighted by atomic mass is 79.9. The number of carbonyl (C=O) groups excluding carboxylic acids is 1. The largest absolute Gasteiger partial charge is 0.289 e. The lowest BCUT2D eigenvalue weighted by molar-refractivity contribution is -0.497. The summed E-state index contributed by atoms with van der Waals surface area (Å²) in [6, 6.07) is 6.90. The van der Waals surface area contributed by atoms with E-state index in [0.29, 0.717) is 4.47 Å². The number of halogens is 1. The van der Waals surface area contributed by atoms with Gasteiger partial charge in [0.15, 0.2) is 5.78 Å². The van der Waals surface area contributed by atoms with Gasteiger partial charge in [-0.2, -0.15) is 0 Å². The van der Waals surface area contributed by atoms with Crippen LogP contribution in [0.2, 0.25) is 0 Å². The molecule has 0 N–H and O–H groups in total. The first-order chi connectivity index (χ1) is 11.2. The predicted molar refractivity (Wildman–Crippen MR) is 90.8 cm³/mol. The molecule has 7 nitrogen and oxygen atoms in total. The maximum atomic E-state index is 12.8. The first-order valence-electron chi connectivity index (χ1n) is 6.92. The normalized spacial score (nSPS) is 10.5. The topological polar surface area (TPSA) is 103 Å². The van der Waals surface area contributed by atoms with Crippen molar-refractivity contribution in [2.75, 3.05) is 0 Å². The molecule has 0 saturated carbocycles. The van der Waals surface area contributed by atoms with Gasteiger partial charge in [-0.15, -0.1) is 0 Å². The molecule has 24 heavy (non-hydrogen) atoms. The monoisotopic (exact) mass is 392 g/mol. The van der Waals surface area contributed by atoms with Crippen LogP contribution in [0.3, 0.4) is 0 Å². The van der Waals surface area contributed by atoms with Gasteiger partial charge < -0.3 is 0 Å². The van der Waals surface area contributed by atoms with Crippen LogP contribution < -0.4 is 0 Å². The van der Waals surface area contributed by atoms with Gasteiger partial charge in [-0.3, -0.25) is 25.0 Å². The molecule has 0 heterocycles. The highest BCUT2D eigenvalue weighted by Gasteiger charge is 2.23. The van der Waals surface area contributed by atoms with Crippen molar-refractivity contribution in [2.24, 2.45) is 0 Å². The molecule has 0 fully saturated rings. The standard InChI is InChI=1S/C16H13BrN2O5/c1-9-6-13(14(8-18(21)22)15(17)10(9)2)16(20)11-4-3-5-12(7-11)19(23)24/h3-7H,8H2,1-2H3. The van der Waals surface area contributed by atoms with Crippen molar-refractivity contribution in [2.45, 2.75) is 20.4 Å². The first kappa shape index (κ1) is 17.7. The van der Waals surface area contributed by atoms with Gasteiger partial charge in [-0.25, -0.2) is 0 Å². The van der Waals surface area contributed by atoms with E-state index in [2.05, 4.69) is 15.9 Å². The van der Waals surface area contributed by atoms with Gasteiger partial charge in [0.2, 0.25) is 6.54 Å². The summed E-state index contributed by atoms with van der Waals surface area (Å²) >= 11 is 3.32. The van der Waals surface area contributed by atoms with Crippen LogP contribution in [0.25, 0.3) is 0 Å². The molecule has 0 amide bonds. The number of nitro benzene ring substituents is 1. The van der Waals surface area contributed by atoms with Crippen LogP contribution >= 0.6 is 15.9 Å². The molecule has 0 spiro atoms. The number of hydrogen-bond donors (Lipinski definition) is 0. The molecular weight excluding hydrogens is 380 g/mol. The Morgan fingerprint density at radius 2 is 1.83 bits per heavy atom. The summed E-state index contributed by atoms with van der Waals surface area (Å²) in [5.74, 6) is -0.487. The minimum absolute atomic E-state index is 0.115. The van der Waals surface area contributed by atoms with Crippen LogP contribution in [0.4, 0.5) is 5.69 Å². The summed E-state index contributed by atoms with van der Waals surface area (Å²) in [4.78, 5) is 33.5. The summed E-state index contributed by atoms with van der Waals surface area (Å²) in [7, 11) is 0. The Morgan fingerprint density at radius 3 is 2.42 bits per heavy atom. The maximum absolute atomic E-state index is 12.8. The van der Waals surface area contributed by atoms with Crippen molar-refractivity contribution in [3.8, 4) is 0 Å². The van der Waals surface area contributed by atoms with Gasteiger partial charge in [0.25, 0.3) is 5.69 Å². The predicted octanol–water partition coefficient (Wildman–Crippen LogP) is 3.98. The zero-order valence-corrected chi connectivity index (χ0v) is 14.5. The van der Waals surface area contributed by atoms with E-state index in [1.54, 1.807) is 19.9 Å². The fraction of sp³-hybridized carbons (Fsp3) is 0.188. The molecule has 124 valence electrons. The van der Waals surface area contributed by atoms with E-state index in [9.17, 15) is 25.0 Å². The summed E-state index contributed by atoms with van der Waals surface area (Å²) in [5.41, 5.74) is 1.94. The van der Waals surface area contributed by atoms with E-state index < -0.39 is 22.2 Å². The van der Waals surface area contributed by atoms with Gasteiger partial charge in [0.1, 0.15) is 0 Å². The molecule has 0 aliphatic rings. The fourth-order valence-electron chi connectivity index (χ4n) is 2.33. The smallest absolute Gasteiger partial charge is 0.270 e. The van der Waals surface area contributed by atoms with Crippen molar-refractivity contribution < 1.29 is 14.6 Å². The molecule has 0 bridgehead atoms. The SMILES string of the molecule is Cc1cc(C(=O)c2cccc([N+](=O)[O-])c2)c(C[N+](=O)[O-])c(Br)c1C. The Hall–Kier alpha value is -2.61. The number of rotatable bonds is 5. The molecule has 8 heteroatoms. The van der Waals surface area contributed by atoms with E-state index >= 15 is 0 Å². The number of aryl methyl sites for hydroxylation is 1. The summed E-state index contributed by atoms with van der Waals surface area (Å²) in [6.07, 6.45) is 0. The molecule has 2 aromatic carbocycles. The third-order valence-electron chi connectivity index (χ3n) is 3.72. The van der Waals surface area contributed by atoms with Crippen LogP contribution in [-0.4, -0.2) is 15.6 Å². The zero-order valence-electron chi connectivity index (χ0n) is 12.9. The van der Waals surface area contributed by atoms with Crippen molar-refractivity contribution in [1.82, 2.24) is 0 Å². The number of hydrogen-bond acceptors (Lipinski definition) is 5. The number of nitro groups is 2. The quantitative estimate of drug-likeness (QED) is 0.434. The van der Waals surface area contributed by atoms with Crippen molar-refractivity contribution >= 4 is 27.4 Å². The Bertz CT molecular complexity index is 864. The maximum Gasteiger partial charge on any atom is 0.270 e. The Labute approximate surface area is 145 Å². The molecule has 0 atom stereocenters. The van der Waals surface area contributed by atoms with Crippen LogP contribution in [0.1, 0.15) is 32.6 Å². The molecule has 0 aliphatic carbocycles. The van der Waals surface area contributed by atoms with Crippen LogP contribution in [-0.2, 0) is 6.54 Å². The number of non-ortho nitro benzene ring substituents is 1. The summed E-state index contributed by atoms with van der Waals surface area (Å²) < 4.78 is 0.507. The molecule has 0 saturated heterocycles. The second-order valence-electron chi connectivity index (χ2n) is 5.29. The molecule has 2 rings (SSSR count). The number of benzene rings is 2. The van der Waals surface area contributed by atoms with Gasteiger partial charge in [0, 0.05) is 38.2 Å². The highest BCUT2D eigenvalue weighted by Crippen LogP contribution is 2.30. The molecular formula is C16H13BrN2O5. The van der Waals surface area contributed by atoms with Crippen molar-refractivity contribution in [3.63, 3.8) is 0 Å². The van der Waals surface area contributed by atoms with Crippen LogP contribution in [0.15, 0.2) is 34.8 Å². The third-order valence-corrected chi connectivity index (χ3v) is 4.80. The first-order valence-corrected chi connectivity index (χ1v) is 7.71. The Balaban J connectivity index is 2.62. The van der Waals surface area contributed by atoms with Gasteiger partial charge in [-0.1, -0.05) is 12.1 Å². The molecule has 2 aromatic rings. The molecule has 0 radical (unpaired) electrons. The molecule has 0 unspecified atom stereocenters. The fourth-order valence-corrected chi connectivity index (χ4v) is 2.98. The van der Waals surface area contributed by atoms with Gasteiger partial charge >= 0.3 is 0 Å². The Kier molecular flexibility index (Phi) is 5.08. The number of carbonyl (C=O) groups is 1. The van der Waals surface area contributed by atoms with Crippen LogP contribution in [0.5, 0.6) is 0 Å². The average molecular weight is 393 g/mol. The minimum Gasteiger partial charge on any atom is -0.289 e.